The van der Waals surface area contributed by atoms with E-state index in [1.54, 1.807) is 0 Å². The van der Waals surface area contributed by atoms with E-state index in [1.807, 2.05) is 0 Å². The fraction of sp³-hybridized carbons (Fsp3) is 0.154. The van der Waals surface area contributed by atoms with Crippen LogP contribution in [0.4, 0.5) is 11.5 Å². The molecule has 1 heterocycles. The average Bonchev–Trinajstić information content (AvgIpc) is 2.46. The molecule has 22 heavy (non-hydrogen) atoms. The van der Waals surface area contributed by atoms with Crippen molar-refractivity contribution in [2.75, 3.05) is 11.4 Å². The quantitative estimate of drug-likeness (QED) is 0.629. The number of rotatable bonds is 4. The maximum atomic E-state index is 12.6. The fourth-order valence-electron chi connectivity index (χ4n) is 1.86. The number of sulfonamides is 1. The highest BCUT2D eigenvalue weighted by Crippen LogP contribution is 2.26. The second-order valence-electron chi connectivity index (χ2n) is 4.51. The Labute approximate surface area is 132 Å². The maximum absolute atomic E-state index is 12.6. The predicted molar refractivity (Wildman–Crippen MR) is 82.7 cm³/mol. The number of nitro groups is 1. The topological polar surface area (TPSA) is 93.4 Å². The Balaban J connectivity index is 2.46. The van der Waals surface area contributed by atoms with E-state index in [1.165, 1.54) is 44.4 Å². The van der Waals surface area contributed by atoms with Gasteiger partial charge >= 0.3 is 0 Å². The number of anilines is 1. The van der Waals surface area contributed by atoms with Crippen LogP contribution in [0.2, 0.25) is 5.02 Å². The molecule has 0 aliphatic rings. The molecule has 0 aliphatic heterocycles. The van der Waals surface area contributed by atoms with E-state index >= 15 is 0 Å². The van der Waals surface area contributed by atoms with Gasteiger partial charge in [-0.05, 0) is 30.7 Å². The number of aromatic nitrogens is 1. The first kappa shape index (κ1) is 16.2. The van der Waals surface area contributed by atoms with Gasteiger partial charge in [-0.15, -0.1) is 0 Å². The van der Waals surface area contributed by atoms with Gasteiger partial charge in [-0.2, -0.15) is 0 Å². The van der Waals surface area contributed by atoms with Crippen molar-refractivity contribution in [3.63, 3.8) is 0 Å². The lowest BCUT2D eigenvalue weighted by Gasteiger charge is -2.19. The molecule has 0 saturated heterocycles. The lowest BCUT2D eigenvalue weighted by atomic mass is 10.2. The molecule has 0 aliphatic carbocycles. The summed E-state index contributed by atoms with van der Waals surface area (Å²) in [6.07, 6.45) is 1.34. The van der Waals surface area contributed by atoms with Crippen LogP contribution >= 0.6 is 11.6 Å². The smallest absolute Gasteiger partial charge is 0.258 e. The molecule has 9 heteroatoms. The zero-order valence-electron chi connectivity index (χ0n) is 11.7. The van der Waals surface area contributed by atoms with Crippen molar-refractivity contribution in [2.45, 2.75) is 11.8 Å². The minimum atomic E-state index is -3.87. The SMILES string of the molecule is Cc1cc([N+](=O)[O-])ccc1S(=O)(=O)N(C)c1ccc(Cl)cn1. The highest BCUT2D eigenvalue weighted by Gasteiger charge is 2.25. The van der Waals surface area contributed by atoms with Gasteiger partial charge in [0.2, 0.25) is 0 Å². The normalized spacial score (nSPS) is 11.2. The third kappa shape index (κ3) is 3.02. The Kier molecular flexibility index (Phi) is 4.34. The van der Waals surface area contributed by atoms with Gasteiger partial charge in [0.1, 0.15) is 5.82 Å². The zero-order chi connectivity index (χ0) is 16.5. The molecule has 0 amide bonds. The van der Waals surface area contributed by atoms with Crippen molar-refractivity contribution in [1.29, 1.82) is 0 Å². The molecular formula is C13H12ClN3O4S. The van der Waals surface area contributed by atoms with Crippen LogP contribution in [-0.4, -0.2) is 25.4 Å². The van der Waals surface area contributed by atoms with Crippen LogP contribution < -0.4 is 4.31 Å². The number of halogens is 1. The van der Waals surface area contributed by atoms with Crippen LogP contribution in [0.25, 0.3) is 0 Å². The van der Waals surface area contributed by atoms with Crippen molar-refractivity contribution in [1.82, 2.24) is 4.98 Å². The van der Waals surface area contributed by atoms with Crippen molar-refractivity contribution in [3.8, 4) is 0 Å². The third-order valence-electron chi connectivity index (χ3n) is 3.04. The molecule has 0 saturated carbocycles. The second kappa shape index (κ2) is 5.90. The lowest BCUT2D eigenvalue weighted by Crippen LogP contribution is -2.27. The van der Waals surface area contributed by atoms with Crippen LogP contribution in [0, 0.1) is 17.0 Å². The van der Waals surface area contributed by atoms with Gasteiger partial charge in [0, 0.05) is 25.4 Å². The molecule has 0 spiro atoms. The average molecular weight is 342 g/mol. The Bertz CT molecular complexity index is 822. The molecule has 1 aromatic heterocycles. The van der Waals surface area contributed by atoms with Crippen LogP contribution in [0.1, 0.15) is 5.56 Å². The summed E-state index contributed by atoms with van der Waals surface area (Å²) in [5.74, 6) is 0.196. The minimum Gasteiger partial charge on any atom is -0.258 e. The van der Waals surface area contributed by atoms with Gasteiger partial charge in [0.15, 0.2) is 0 Å². The number of hydrogen-bond acceptors (Lipinski definition) is 5. The van der Waals surface area contributed by atoms with Crippen molar-refractivity contribution in [2.24, 2.45) is 0 Å². The Hall–Kier alpha value is -2.19. The summed E-state index contributed by atoms with van der Waals surface area (Å²) in [5, 5.41) is 11.1. The molecule has 0 atom stereocenters. The summed E-state index contributed by atoms with van der Waals surface area (Å²) in [6.45, 7) is 1.50. The number of hydrogen-bond donors (Lipinski definition) is 0. The lowest BCUT2D eigenvalue weighted by molar-refractivity contribution is -0.385. The molecule has 2 rings (SSSR count). The summed E-state index contributed by atoms with van der Waals surface area (Å²) >= 11 is 5.73. The molecule has 1 aromatic carbocycles. The molecule has 2 aromatic rings. The Morgan fingerprint density at radius 3 is 2.45 bits per heavy atom. The van der Waals surface area contributed by atoms with Crippen LogP contribution in [-0.2, 0) is 10.0 Å². The van der Waals surface area contributed by atoms with Gasteiger partial charge < -0.3 is 0 Å². The van der Waals surface area contributed by atoms with E-state index in [-0.39, 0.29) is 22.0 Å². The number of non-ortho nitro benzene ring substituents is 1. The van der Waals surface area contributed by atoms with Crippen molar-refractivity contribution in [3.05, 3.63) is 57.2 Å². The van der Waals surface area contributed by atoms with Crippen LogP contribution in [0.15, 0.2) is 41.4 Å². The highest BCUT2D eigenvalue weighted by molar-refractivity contribution is 7.92. The standard InChI is InChI=1S/C13H12ClN3O4S/c1-9-7-11(17(18)19)4-5-12(9)22(20,21)16(2)13-6-3-10(14)8-15-13/h3-8H,1-2H3. The number of benzene rings is 1. The molecule has 0 bridgehead atoms. The van der Waals surface area contributed by atoms with Gasteiger partial charge in [-0.25, -0.2) is 13.4 Å². The summed E-state index contributed by atoms with van der Waals surface area (Å²) in [5.41, 5.74) is 0.124. The van der Waals surface area contributed by atoms with E-state index in [0.717, 1.165) is 10.4 Å². The first-order chi connectivity index (χ1) is 10.2. The molecule has 0 radical (unpaired) electrons. The van der Waals surface area contributed by atoms with Gasteiger partial charge in [-0.1, -0.05) is 11.6 Å². The van der Waals surface area contributed by atoms with E-state index < -0.39 is 14.9 Å². The maximum Gasteiger partial charge on any atom is 0.269 e. The van der Waals surface area contributed by atoms with Crippen molar-refractivity contribution < 1.29 is 13.3 Å². The third-order valence-corrected chi connectivity index (χ3v) is 5.19. The predicted octanol–water partition coefficient (Wildman–Crippen LogP) is 2.78. The van der Waals surface area contributed by atoms with Crippen molar-refractivity contribution >= 4 is 33.1 Å². The first-order valence-corrected chi connectivity index (χ1v) is 7.91. The largest absolute Gasteiger partial charge is 0.269 e. The van der Waals surface area contributed by atoms with Crippen LogP contribution in [0.3, 0.4) is 0 Å². The molecule has 116 valence electrons. The van der Waals surface area contributed by atoms with Gasteiger partial charge in [-0.3, -0.25) is 14.4 Å². The van der Waals surface area contributed by atoms with E-state index in [4.69, 9.17) is 11.6 Å². The zero-order valence-corrected chi connectivity index (χ0v) is 13.3. The summed E-state index contributed by atoms with van der Waals surface area (Å²) in [7, 11) is -2.52. The minimum absolute atomic E-state index is 0.0163. The molecule has 0 fully saturated rings. The summed E-state index contributed by atoms with van der Waals surface area (Å²) in [6, 6.07) is 6.59. The summed E-state index contributed by atoms with van der Waals surface area (Å²) in [4.78, 5) is 14.1. The van der Waals surface area contributed by atoms with E-state index in [9.17, 15) is 18.5 Å². The monoisotopic (exact) mass is 341 g/mol. The fourth-order valence-corrected chi connectivity index (χ4v) is 3.33. The molecule has 7 nitrogen and oxygen atoms in total. The molecular weight excluding hydrogens is 330 g/mol. The Morgan fingerprint density at radius 2 is 1.95 bits per heavy atom. The highest BCUT2D eigenvalue weighted by atomic mass is 35.5. The van der Waals surface area contributed by atoms with E-state index in [0.29, 0.717) is 5.02 Å². The molecule has 0 unspecified atom stereocenters. The van der Waals surface area contributed by atoms with Gasteiger partial charge in [0.25, 0.3) is 15.7 Å². The number of nitro benzene ring substituents is 1. The number of pyridine rings is 1. The first-order valence-electron chi connectivity index (χ1n) is 6.09. The Morgan fingerprint density at radius 1 is 1.27 bits per heavy atom. The summed E-state index contributed by atoms with van der Waals surface area (Å²) < 4.78 is 26.2. The number of aryl methyl sites for hydroxylation is 1. The van der Waals surface area contributed by atoms with Gasteiger partial charge in [0.05, 0.1) is 14.8 Å². The molecule has 0 N–H and O–H groups in total. The van der Waals surface area contributed by atoms with Crippen LogP contribution in [0.5, 0.6) is 0 Å². The van der Waals surface area contributed by atoms with E-state index in [2.05, 4.69) is 4.98 Å². The second-order valence-corrected chi connectivity index (χ2v) is 6.89. The number of nitrogens with zero attached hydrogens (tertiary/aromatic N) is 3.